The van der Waals surface area contributed by atoms with Gasteiger partial charge in [-0.15, -0.1) is 23.7 Å². The summed E-state index contributed by atoms with van der Waals surface area (Å²) in [6.45, 7) is 7.17. The van der Waals surface area contributed by atoms with E-state index < -0.39 is 0 Å². The molecule has 5 aromatic rings. The number of piperazine rings is 1. The number of thiophene rings is 1. The summed E-state index contributed by atoms with van der Waals surface area (Å²) in [4.78, 5) is 23.2. The molecule has 0 unspecified atom stereocenters. The van der Waals surface area contributed by atoms with Crippen LogP contribution in [0, 0.1) is 6.92 Å². The van der Waals surface area contributed by atoms with Gasteiger partial charge >= 0.3 is 0 Å². The molecular weight excluding hydrogens is 516 g/mol. The second-order valence-electron chi connectivity index (χ2n) is 9.51. The highest BCUT2D eigenvalue weighted by molar-refractivity contribution is 7.17. The highest BCUT2D eigenvalue weighted by atomic mass is 35.5. The largest absolute Gasteiger partial charge is 0.485 e. The molecule has 0 saturated carbocycles. The molecule has 0 amide bonds. The van der Waals surface area contributed by atoms with E-state index in [1.807, 2.05) is 49.4 Å². The highest BCUT2D eigenvalue weighted by Crippen LogP contribution is 2.31. The van der Waals surface area contributed by atoms with Gasteiger partial charge in [0.05, 0.1) is 0 Å². The molecule has 3 aromatic heterocycles. The molecule has 4 heterocycles. The van der Waals surface area contributed by atoms with Crippen molar-refractivity contribution in [2.24, 2.45) is 0 Å². The van der Waals surface area contributed by atoms with Crippen LogP contribution in [0.5, 0.6) is 5.75 Å². The topological polar surface area (TPSA) is 50.1 Å². The number of aromatic nitrogens is 2. The predicted octanol–water partition coefficient (Wildman–Crippen LogP) is 5.58. The maximum atomic E-state index is 13.4. The van der Waals surface area contributed by atoms with Crippen LogP contribution in [0.4, 0.5) is 5.69 Å². The maximum absolute atomic E-state index is 13.4. The van der Waals surface area contributed by atoms with Crippen molar-refractivity contribution in [3.63, 3.8) is 0 Å². The Morgan fingerprint density at radius 2 is 1.76 bits per heavy atom. The molecule has 196 valence electrons. The fourth-order valence-corrected chi connectivity index (χ4v) is 5.96. The van der Waals surface area contributed by atoms with E-state index in [9.17, 15) is 4.79 Å². The smallest absolute Gasteiger partial charge is 0.261 e. The standard InChI is InChI=1S/C30H30N4O2S.ClH/c1-22-24(12-15-32-16-18-33(19-17-32)26-9-5-11-28-25(26)13-20-37-28)30(35)34-14-6-10-27(29(34)31-22)36-21-23-7-3-2-4-8-23;/h2-11,13-14,20H,12,15-19,21H2,1H3;1H. The van der Waals surface area contributed by atoms with Crippen LogP contribution in [0.1, 0.15) is 16.8 Å². The molecular formula is C30H31ClN4O2S. The molecule has 0 bridgehead atoms. The van der Waals surface area contributed by atoms with Crippen molar-refractivity contribution in [3.8, 4) is 5.75 Å². The Kier molecular flexibility index (Phi) is 7.98. The molecule has 38 heavy (non-hydrogen) atoms. The van der Waals surface area contributed by atoms with E-state index in [1.54, 1.807) is 21.9 Å². The van der Waals surface area contributed by atoms with Crippen LogP contribution in [-0.2, 0) is 13.0 Å². The number of hydrogen-bond acceptors (Lipinski definition) is 6. The monoisotopic (exact) mass is 546 g/mol. The van der Waals surface area contributed by atoms with Crippen molar-refractivity contribution in [1.29, 1.82) is 0 Å². The minimum absolute atomic E-state index is 0. The highest BCUT2D eigenvalue weighted by Gasteiger charge is 2.20. The molecule has 0 radical (unpaired) electrons. The molecule has 1 aliphatic rings. The van der Waals surface area contributed by atoms with Crippen molar-refractivity contribution < 1.29 is 4.74 Å². The summed E-state index contributed by atoms with van der Waals surface area (Å²) in [7, 11) is 0. The predicted molar refractivity (Wildman–Crippen MR) is 158 cm³/mol. The van der Waals surface area contributed by atoms with Crippen molar-refractivity contribution in [3.05, 3.63) is 105 Å². The average molecular weight is 547 g/mol. The number of rotatable bonds is 7. The van der Waals surface area contributed by atoms with Crippen molar-refractivity contribution >= 4 is 45.2 Å². The Labute approximate surface area is 232 Å². The van der Waals surface area contributed by atoms with Crippen molar-refractivity contribution in [1.82, 2.24) is 14.3 Å². The minimum atomic E-state index is -0.00423. The number of pyridine rings is 1. The number of ether oxygens (including phenoxy) is 1. The van der Waals surface area contributed by atoms with E-state index in [4.69, 9.17) is 9.72 Å². The van der Waals surface area contributed by atoms with E-state index in [1.165, 1.54) is 15.8 Å². The van der Waals surface area contributed by atoms with Crippen LogP contribution < -0.4 is 15.2 Å². The summed E-state index contributed by atoms with van der Waals surface area (Å²) in [5.41, 5.74) is 4.53. The number of fused-ring (bicyclic) bond motifs is 2. The van der Waals surface area contributed by atoms with Crippen LogP contribution >= 0.6 is 23.7 Å². The Morgan fingerprint density at radius 1 is 0.947 bits per heavy atom. The van der Waals surface area contributed by atoms with Crippen LogP contribution in [0.25, 0.3) is 15.7 Å². The first-order chi connectivity index (χ1) is 18.2. The van der Waals surface area contributed by atoms with Gasteiger partial charge in [-0.1, -0.05) is 36.4 Å². The van der Waals surface area contributed by atoms with Gasteiger partial charge in [-0.3, -0.25) is 14.1 Å². The second-order valence-corrected chi connectivity index (χ2v) is 10.5. The number of halogens is 1. The normalized spacial score (nSPS) is 14.1. The molecule has 1 aliphatic heterocycles. The van der Waals surface area contributed by atoms with Crippen LogP contribution in [0.15, 0.2) is 83.1 Å². The molecule has 8 heteroatoms. The zero-order valence-electron chi connectivity index (χ0n) is 21.4. The first kappa shape index (κ1) is 26.2. The Bertz CT molecular complexity index is 1590. The summed E-state index contributed by atoms with van der Waals surface area (Å²) in [6, 6.07) is 22.5. The lowest BCUT2D eigenvalue weighted by atomic mass is 10.1. The van der Waals surface area contributed by atoms with Crippen molar-refractivity contribution in [2.75, 3.05) is 37.6 Å². The van der Waals surface area contributed by atoms with Crippen LogP contribution in [-0.4, -0.2) is 47.0 Å². The molecule has 0 aliphatic carbocycles. The molecule has 0 N–H and O–H groups in total. The Balaban J connectivity index is 0.00000294. The number of aryl methyl sites for hydroxylation is 1. The first-order valence-electron chi connectivity index (χ1n) is 12.8. The summed E-state index contributed by atoms with van der Waals surface area (Å²) < 4.78 is 9.01. The van der Waals surface area contributed by atoms with Gasteiger partial charge in [0.15, 0.2) is 11.4 Å². The Hall–Kier alpha value is -3.39. The van der Waals surface area contributed by atoms with E-state index in [0.717, 1.165) is 49.5 Å². The van der Waals surface area contributed by atoms with Gasteiger partial charge in [-0.25, -0.2) is 4.98 Å². The summed E-state index contributed by atoms with van der Waals surface area (Å²) in [6.07, 6.45) is 2.47. The van der Waals surface area contributed by atoms with Gasteiger partial charge in [-0.05, 0) is 54.6 Å². The number of nitrogens with zero attached hydrogens (tertiary/aromatic N) is 4. The molecule has 0 atom stereocenters. The summed E-state index contributed by atoms with van der Waals surface area (Å²) in [5.74, 6) is 0.620. The van der Waals surface area contributed by atoms with Gasteiger partial charge in [0.25, 0.3) is 5.56 Å². The summed E-state index contributed by atoms with van der Waals surface area (Å²) in [5, 5.41) is 3.51. The van der Waals surface area contributed by atoms with Crippen LogP contribution in [0.2, 0.25) is 0 Å². The molecule has 1 saturated heterocycles. The lowest BCUT2D eigenvalue weighted by molar-refractivity contribution is 0.260. The lowest BCUT2D eigenvalue weighted by Gasteiger charge is -2.36. The van der Waals surface area contributed by atoms with E-state index in [2.05, 4.69) is 39.4 Å². The number of benzene rings is 2. The maximum Gasteiger partial charge on any atom is 0.261 e. The third kappa shape index (κ3) is 5.27. The number of hydrogen-bond donors (Lipinski definition) is 0. The molecule has 6 rings (SSSR count). The summed E-state index contributed by atoms with van der Waals surface area (Å²) >= 11 is 1.80. The fraction of sp³-hybridized carbons (Fsp3) is 0.267. The quantitative estimate of drug-likeness (QED) is 0.267. The SMILES string of the molecule is Cc1nc2c(OCc3ccccc3)cccn2c(=O)c1CCN1CCN(c2cccc3sccc23)CC1.Cl. The van der Waals surface area contributed by atoms with Gasteiger partial charge in [-0.2, -0.15) is 0 Å². The van der Waals surface area contributed by atoms with Gasteiger partial charge in [0, 0.05) is 66.0 Å². The average Bonchev–Trinajstić information content (AvgIpc) is 3.42. The molecule has 0 spiro atoms. The van der Waals surface area contributed by atoms with Gasteiger partial charge in [0.1, 0.15) is 6.61 Å². The second kappa shape index (κ2) is 11.6. The third-order valence-corrected chi connectivity index (χ3v) is 8.10. The van der Waals surface area contributed by atoms with Gasteiger partial charge < -0.3 is 9.64 Å². The zero-order chi connectivity index (χ0) is 25.2. The lowest BCUT2D eigenvalue weighted by Crippen LogP contribution is -2.47. The zero-order valence-corrected chi connectivity index (χ0v) is 23.0. The first-order valence-corrected chi connectivity index (χ1v) is 13.7. The van der Waals surface area contributed by atoms with Gasteiger partial charge in [0.2, 0.25) is 0 Å². The van der Waals surface area contributed by atoms with E-state index >= 15 is 0 Å². The molecule has 6 nitrogen and oxygen atoms in total. The molecule has 2 aromatic carbocycles. The number of anilines is 1. The third-order valence-electron chi connectivity index (χ3n) is 7.22. The Morgan fingerprint density at radius 3 is 2.58 bits per heavy atom. The van der Waals surface area contributed by atoms with Crippen molar-refractivity contribution in [2.45, 2.75) is 20.0 Å². The van der Waals surface area contributed by atoms with E-state index in [0.29, 0.717) is 24.4 Å². The van der Waals surface area contributed by atoms with E-state index in [-0.39, 0.29) is 18.0 Å². The molecule has 1 fully saturated rings. The minimum Gasteiger partial charge on any atom is -0.485 e. The fourth-order valence-electron chi connectivity index (χ4n) is 5.15. The van der Waals surface area contributed by atoms with Crippen LogP contribution in [0.3, 0.4) is 0 Å².